The summed E-state index contributed by atoms with van der Waals surface area (Å²) < 4.78 is 1.73. The van der Waals surface area contributed by atoms with Crippen LogP contribution in [0.5, 0.6) is 0 Å². The molecule has 0 aliphatic carbocycles. The second-order valence-electron chi connectivity index (χ2n) is 2.21. The molecule has 0 aromatic rings. The van der Waals surface area contributed by atoms with Gasteiger partial charge in [-0.15, -0.1) is 0 Å². The van der Waals surface area contributed by atoms with Gasteiger partial charge in [0.05, 0.1) is 12.0 Å². The van der Waals surface area contributed by atoms with E-state index in [2.05, 4.69) is 9.39 Å². The molecule has 4 heteroatoms. The van der Waals surface area contributed by atoms with Crippen molar-refractivity contribution in [3.8, 4) is 0 Å². The minimum atomic E-state index is -0.956. The van der Waals surface area contributed by atoms with Crippen molar-refractivity contribution < 1.29 is 9.90 Å². The lowest BCUT2D eigenvalue weighted by atomic mass is 10.2. The number of aliphatic carboxylic acids is 1. The van der Waals surface area contributed by atoms with Gasteiger partial charge in [-0.3, -0.25) is 4.67 Å². The highest BCUT2D eigenvalue weighted by molar-refractivity contribution is 7.13. The smallest absolute Gasteiger partial charge is 0.0589 e. The van der Waals surface area contributed by atoms with Crippen molar-refractivity contribution in [2.75, 3.05) is 6.54 Å². The highest BCUT2D eigenvalue weighted by Crippen LogP contribution is 2.19. The highest BCUT2D eigenvalue weighted by Gasteiger charge is 2.21. The molecular formula is C5H9NO2P-. The molecule has 1 rings (SSSR count). The lowest BCUT2D eigenvalue weighted by molar-refractivity contribution is -0.309. The number of carbonyl (C=O) groups is 1. The summed E-state index contributed by atoms with van der Waals surface area (Å²) in [6.45, 7) is 0.851. The fourth-order valence-electron chi connectivity index (χ4n) is 1.04. The first-order chi connectivity index (χ1) is 4.22. The Labute approximate surface area is 56.3 Å². The van der Waals surface area contributed by atoms with Gasteiger partial charge in [-0.1, -0.05) is 9.39 Å². The molecule has 3 nitrogen and oxygen atoms in total. The van der Waals surface area contributed by atoms with Crippen LogP contribution in [-0.2, 0) is 4.79 Å². The summed E-state index contributed by atoms with van der Waals surface area (Å²) in [6, 6.07) is -0.366. The first-order valence-corrected chi connectivity index (χ1v) is 3.45. The van der Waals surface area contributed by atoms with E-state index in [9.17, 15) is 9.90 Å². The van der Waals surface area contributed by atoms with Gasteiger partial charge in [0.2, 0.25) is 0 Å². The Bertz CT molecular complexity index is 128. The average molecular weight is 146 g/mol. The van der Waals surface area contributed by atoms with Crippen molar-refractivity contribution >= 4 is 15.4 Å². The van der Waals surface area contributed by atoms with Crippen molar-refractivity contribution in [2.24, 2.45) is 0 Å². The van der Waals surface area contributed by atoms with E-state index in [-0.39, 0.29) is 6.04 Å². The number of hydrogen-bond donors (Lipinski definition) is 0. The third-order valence-corrected chi connectivity index (χ3v) is 2.18. The predicted molar refractivity (Wildman–Crippen MR) is 34.4 cm³/mol. The summed E-state index contributed by atoms with van der Waals surface area (Å²) in [5.74, 6) is -0.956. The molecule has 52 valence electrons. The van der Waals surface area contributed by atoms with Crippen LogP contribution in [0, 0.1) is 0 Å². The van der Waals surface area contributed by atoms with Crippen LogP contribution in [0.15, 0.2) is 0 Å². The maximum absolute atomic E-state index is 10.2. The van der Waals surface area contributed by atoms with Crippen molar-refractivity contribution in [3.05, 3.63) is 0 Å². The molecule has 0 N–H and O–H groups in total. The first-order valence-electron chi connectivity index (χ1n) is 2.94. The molecule has 2 atom stereocenters. The van der Waals surface area contributed by atoms with Gasteiger partial charge in [0.15, 0.2) is 0 Å². The molecule has 0 amide bonds. The number of nitrogens with zero attached hydrogens (tertiary/aromatic N) is 1. The van der Waals surface area contributed by atoms with Gasteiger partial charge in [0.25, 0.3) is 0 Å². The van der Waals surface area contributed by atoms with Crippen LogP contribution in [0.2, 0.25) is 0 Å². The van der Waals surface area contributed by atoms with Crippen molar-refractivity contribution in [2.45, 2.75) is 18.9 Å². The molecule has 0 aromatic heterocycles. The summed E-state index contributed by atoms with van der Waals surface area (Å²) in [5.41, 5.74) is 0. The zero-order valence-electron chi connectivity index (χ0n) is 5.04. The minimum Gasteiger partial charge on any atom is -0.548 e. The van der Waals surface area contributed by atoms with E-state index in [0.29, 0.717) is 0 Å². The van der Waals surface area contributed by atoms with Crippen molar-refractivity contribution in [1.82, 2.24) is 4.67 Å². The van der Waals surface area contributed by atoms with Gasteiger partial charge in [-0.05, 0) is 12.8 Å². The normalized spacial score (nSPS) is 28.8. The number of carbonyl (C=O) groups excluding carboxylic acids is 1. The zero-order chi connectivity index (χ0) is 6.85. The summed E-state index contributed by atoms with van der Waals surface area (Å²) in [7, 11) is 2.39. The van der Waals surface area contributed by atoms with Crippen molar-refractivity contribution in [3.63, 3.8) is 0 Å². The van der Waals surface area contributed by atoms with Gasteiger partial charge in [0.1, 0.15) is 0 Å². The second-order valence-corrected chi connectivity index (χ2v) is 2.88. The summed E-state index contributed by atoms with van der Waals surface area (Å²) in [6.07, 6.45) is 1.69. The summed E-state index contributed by atoms with van der Waals surface area (Å²) in [4.78, 5) is 10.2. The lowest BCUT2D eigenvalue weighted by Gasteiger charge is -2.18. The molecule has 0 saturated carbocycles. The Morgan fingerprint density at radius 2 is 2.44 bits per heavy atom. The quantitative estimate of drug-likeness (QED) is 0.445. The SMILES string of the molecule is O=C([O-])C1CCCN1P. The van der Waals surface area contributed by atoms with Crippen LogP contribution in [-0.4, -0.2) is 23.2 Å². The van der Waals surface area contributed by atoms with Crippen LogP contribution in [0.1, 0.15) is 12.8 Å². The summed E-state index contributed by atoms with van der Waals surface area (Å²) in [5, 5.41) is 10.2. The Kier molecular flexibility index (Phi) is 2.04. The van der Waals surface area contributed by atoms with E-state index < -0.39 is 5.97 Å². The van der Waals surface area contributed by atoms with E-state index in [1.807, 2.05) is 0 Å². The molecule has 2 unspecified atom stereocenters. The van der Waals surface area contributed by atoms with Crippen LogP contribution < -0.4 is 5.11 Å². The Morgan fingerprint density at radius 1 is 1.78 bits per heavy atom. The van der Waals surface area contributed by atoms with E-state index in [0.717, 1.165) is 19.4 Å². The van der Waals surface area contributed by atoms with E-state index in [1.54, 1.807) is 4.67 Å². The third kappa shape index (κ3) is 1.41. The van der Waals surface area contributed by atoms with Crippen LogP contribution in [0.4, 0.5) is 0 Å². The highest BCUT2D eigenvalue weighted by atomic mass is 31.0. The van der Waals surface area contributed by atoms with Gasteiger partial charge in [0, 0.05) is 6.54 Å². The predicted octanol–water partition coefficient (Wildman–Crippen LogP) is -1.01. The first kappa shape index (κ1) is 6.97. The fourth-order valence-corrected chi connectivity index (χ4v) is 1.50. The van der Waals surface area contributed by atoms with E-state index in [4.69, 9.17) is 0 Å². The fraction of sp³-hybridized carbons (Fsp3) is 0.800. The van der Waals surface area contributed by atoms with Crippen LogP contribution in [0.3, 0.4) is 0 Å². The number of carboxylic acid groups (broad SMARTS) is 1. The number of rotatable bonds is 1. The molecule has 9 heavy (non-hydrogen) atoms. The molecule has 1 heterocycles. The molecule has 1 aliphatic heterocycles. The standard InChI is InChI=1S/C5H10NO2P/c7-5(8)4-2-1-3-6(4)9/h4H,1-3,9H2,(H,7,8)/p-1. The molecule has 1 aliphatic rings. The maximum atomic E-state index is 10.2. The maximum Gasteiger partial charge on any atom is 0.0589 e. The summed E-state index contributed by atoms with van der Waals surface area (Å²) >= 11 is 0. The largest absolute Gasteiger partial charge is 0.548 e. The zero-order valence-corrected chi connectivity index (χ0v) is 6.19. The molecule has 1 fully saturated rings. The Morgan fingerprint density at radius 3 is 2.67 bits per heavy atom. The van der Waals surface area contributed by atoms with Gasteiger partial charge in [-0.2, -0.15) is 0 Å². The molecule has 0 bridgehead atoms. The van der Waals surface area contributed by atoms with Gasteiger partial charge >= 0.3 is 0 Å². The molecule has 0 aromatic carbocycles. The van der Waals surface area contributed by atoms with Gasteiger partial charge < -0.3 is 9.90 Å². The number of hydrogen-bond acceptors (Lipinski definition) is 3. The van der Waals surface area contributed by atoms with Crippen LogP contribution >= 0.6 is 9.39 Å². The minimum absolute atomic E-state index is 0.366. The van der Waals surface area contributed by atoms with E-state index >= 15 is 0 Å². The van der Waals surface area contributed by atoms with Crippen LogP contribution in [0.25, 0.3) is 0 Å². The second kappa shape index (κ2) is 2.63. The lowest BCUT2D eigenvalue weighted by Crippen LogP contribution is -2.40. The molecule has 0 radical (unpaired) electrons. The molecule has 1 saturated heterocycles. The van der Waals surface area contributed by atoms with E-state index in [1.165, 1.54) is 0 Å². The molecular weight excluding hydrogens is 137 g/mol. The third-order valence-electron chi connectivity index (χ3n) is 1.57. The number of carboxylic acids is 1. The van der Waals surface area contributed by atoms with Crippen molar-refractivity contribution in [1.29, 1.82) is 0 Å². The Hall–Kier alpha value is -0.140. The Balaban J connectivity index is 2.49. The van der Waals surface area contributed by atoms with Gasteiger partial charge in [-0.25, -0.2) is 0 Å². The average Bonchev–Trinajstić information content (AvgIpc) is 2.13. The monoisotopic (exact) mass is 146 g/mol. The molecule has 0 spiro atoms. The topological polar surface area (TPSA) is 43.4 Å².